The zero-order chi connectivity index (χ0) is 18.3. The van der Waals surface area contributed by atoms with E-state index in [-0.39, 0.29) is 7.43 Å². The molecule has 0 aliphatic carbocycles. The van der Waals surface area contributed by atoms with E-state index in [0.29, 0.717) is 0 Å². The molecule has 24 heavy (non-hydrogen) atoms. The van der Waals surface area contributed by atoms with E-state index >= 15 is 0 Å². The molecule has 0 saturated carbocycles. The quantitative estimate of drug-likeness (QED) is 0.403. The smallest absolute Gasteiger partial charge is 0.000461 e. The van der Waals surface area contributed by atoms with Gasteiger partial charge in [0.05, 0.1) is 0 Å². The summed E-state index contributed by atoms with van der Waals surface area (Å²) in [7, 11) is 0. The molecule has 0 unspecified atom stereocenters. The number of nitrogens with zero attached hydrogens (tertiary/aromatic N) is 2. The Bertz CT molecular complexity index is 186. The van der Waals surface area contributed by atoms with E-state index in [2.05, 4.69) is 72.1 Å². The van der Waals surface area contributed by atoms with Gasteiger partial charge in [-0.1, -0.05) is 69.7 Å². The maximum Gasteiger partial charge on any atom is 0.000461 e. The third kappa shape index (κ3) is 21.9. The van der Waals surface area contributed by atoms with E-state index in [0.717, 1.165) is 17.8 Å². The van der Waals surface area contributed by atoms with Crippen molar-refractivity contribution >= 4 is 0 Å². The van der Waals surface area contributed by atoms with Crippen molar-refractivity contribution in [1.82, 2.24) is 9.80 Å². The van der Waals surface area contributed by atoms with Crippen LogP contribution in [-0.4, -0.2) is 49.1 Å². The normalized spacial score (nSPS) is 11.2. The Morgan fingerprint density at radius 2 is 0.750 bits per heavy atom. The van der Waals surface area contributed by atoms with Gasteiger partial charge in [0.25, 0.3) is 0 Å². The highest BCUT2D eigenvalue weighted by Gasteiger charge is 2.10. The first-order valence-electron chi connectivity index (χ1n) is 10.2. The Balaban J connectivity index is -0.000000364. The Kier molecular flexibility index (Phi) is 23.0. The van der Waals surface area contributed by atoms with Gasteiger partial charge in [-0.25, -0.2) is 0 Å². The van der Waals surface area contributed by atoms with Crippen molar-refractivity contribution in [3.8, 4) is 0 Å². The number of hydrogen-bond donors (Lipinski definition) is 0. The molecular weight excluding hydrogens is 292 g/mol. The molecule has 0 rings (SSSR count). The summed E-state index contributed by atoms with van der Waals surface area (Å²) in [5.41, 5.74) is 0. The summed E-state index contributed by atoms with van der Waals surface area (Å²) < 4.78 is 0. The molecule has 0 aromatic heterocycles. The van der Waals surface area contributed by atoms with Crippen molar-refractivity contribution in [2.75, 3.05) is 39.3 Å². The van der Waals surface area contributed by atoms with Crippen molar-refractivity contribution < 1.29 is 0 Å². The Morgan fingerprint density at radius 1 is 0.500 bits per heavy atom. The molecule has 0 radical (unpaired) electrons. The Morgan fingerprint density at radius 3 is 0.917 bits per heavy atom. The van der Waals surface area contributed by atoms with E-state index in [9.17, 15) is 0 Å². The van der Waals surface area contributed by atoms with Gasteiger partial charge in [0.15, 0.2) is 0 Å². The maximum atomic E-state index is 2.60. The zero-order valence-electron chi connectivity index (χ0n) is 18.0. The van der Waals surface area contributed by atoms with Gasteiger partial charge < -0.3 is 9.80 Å². The largest absolute Gasteiger partial charge is 0.303 e. The monoisotopic (exact) mass is 344 g/mol. The standard InChI is InChI=1S/C12H27N.C9H21N.CH4/c1-10(2)7-13(8-11(3)4)9-12(5)6;1-4-7-10(8-5-2)9-6-3;/h10-12H,7-9H2,1-6H3;4-9H2,1-3H3;1H4. The van der Waals surface area contributed by atoms with Crippen LogP contribution in [0, 0.1) is 17.8 Å². The molecule has 0 aliphatic heterocycles. The predicted molar refractivity (Wildman–Crippen MR) is 115 cm³/mol. The highest BCUT2D eigenvalue weighted by Crippen LogP contribution is 2.06. The van der Waals surface area contributed by atoms with E-state index in [1.54, 1.807) is 0 Å². The molecule has 0 N–H and O–H groups in total. The van der Waals surface area contributed by atoms with Gasteiger partial charge in [-0.05, 0) is 56.7 Å². The third-order valence-corrected chi connectivity index (χ3v) is 3.49. The van der Waals surface area contributed by atoms with Crippen LogP contribution in [0.1, 0.15) is 89.0 Å². The summed E-state index contributed by atoms with van der Waals surface area (Å²) >= 11 is 0. The van der Waals surface area contributed by atoms with Gasteiger partial charge in [-0.3, -0.25) is 0 Å². The molecule has 0 bridgehead atoms. The van der Waals surface area contributed by atoms with Gasteiger partial charge in [-0.2, -0.15) is 0 Å². The molecule has 0 fully saturated rings. The maximum absolute atomic E-state index is 2.60. The summed E-state index contributed by atoms with van der Waals surface area (Å²) in [6.07, 6.45) is 3.88. The topological polar surface area (TPSA) is 6.48 Å². The average molecular weight is 345 g/mol. The van der Waals surface area contributed by atoms with Crippen LogP contribution in [0.4, 0.5) is 0 Å². The first kappa shape index (κ1) is 28.7. The summed E-state index contributed by atoms with van der Waals surface area (Å²) in [6, 6.07) is 0. The van der Waals surface area contributed by atoms with Crippen LogP contribution in [0.15, 0.2) is 0 Å². The Hall–Kier alpha value is -0.0800. The highest BCUT2D eigenvalue weighted by molar-refractivity contribution is 4.64. The summed E-state index contributed by atoms with van der Waals surface area (Å²) in [5, 5.41) is 0. The summed E-state index contributed by atoms with van der Waals surface area (Å²) in [5.74, 6) is 2.37. The average Bonchev–Trinajstić information content (AvgIpc) is 2.37. The van der Waals surface area contributed by atoms with Crippen LogP contribution in [-0.2, 0) is 0 Å². The van der Waals surface area contributed by atoms with Crippen molar-refractivity contribution in [3.05, 3.63) is 0 Å². The highest BCUT2D eigenvalue weighted by atomic mass is 15.1. The fraction of sp³-hybridized carbons (Fsp3) is 1.00. The molecule has 0 heterocycles. The summed E-state index contributed by atoms with van der Waals surface area (Å²) in [6.45, 7) is 28.1. The predicted octanol–water partition coefficient (Wildman–Crippen LogP) is 6.41. The molecule has 2 nitrogen and oxygen atoms in total. The molecule has 0 amide bonds. The molecule has 150 valence electrons. The van der Waals surface area contributed by atoms with Crippen molar-refractivity contribution in [1.29, 1.82) is 0 Å². The molecule has 2 heteroatoms. The van der Waals surface area contributed by atoms with Crippen LogP contribution >= 0.6 is 0 Å². The summed E-state index contributed by atoms with van der Waals surface area (Å²) in [4.78, 5) is 5.14. The first-order valence-corrected chi connectivity index (χ1v) is 10.2. The second-order valence-corrected chi connectivity index (χ2v) is 8.24. The molecule has 0 atom stereocenters. The fourth-order valence-electron chi connectivity index (χ4n) is 3.06. The van der Waals surface area contributed by atoms with Crippen molar-refractivity contribution in [3.63, 3.8) is 0 Å². The zero-order valence-corrected chi connectivity index (χ0v) is 18.0. The SMILES string of the molecule is C.CC(C)CN(CC(C)C)CC(C)C.CCCN(CCC)CCC. The Labute approximate surface area is 156 Å². The van der Waals surface area contributed by atoms with Gasteiger partial charge in [-0.15, -0.1) is 0 Å². The molecule has 0 saturated heterocycles. The van der Waals surface area contributed by atoms with Crippen LogP contribution in [0.25, 0.3) is 0 Å². The van der Waals surface area contributed by atoms with Crippen molar-refractivity contribution in [2.45, 2.75) is 89.0 Å². The minimum atomic E-state index is 0. The lowest BCUT2D eigenvalue weighted by Crippen LogP contribution is -2.34. The van der Waals surface area contributed by atoms with E-state index in [1.165, 1.54) is 58.5 Å². The number of hydrogen-bond acceptors (Lipinski definition) is 2. The van der Waals surface area contributed by atoms with Crippen LogP contribution < -0.4 is 0 Å². The van der Waals surface area contributed by atoms with E-state index < -0.39 is 0 Å². The van der Waals surface area contributed by atoms with Gasteiger partial charge >= 0.3 is 0 Å². The molecule has 0 aliphatic rings. The molecule has 0 spiro atoms. The van der Waals surface area contributed by atoms with Crippen molar-refractivity contribution in [2.24, 2.45) is 17.8 Å². The van der Waals surface area contributed by atoms with E-state index in [1.807, 2.05) is 0 Å². The van der Waals surface area contributed by atoms with Crippen LogP contribution in [0.2, 0.25) is 0 Å². The van der Waals surface area contributed by atoms with E-state index in [4.69, 9.17) is 0 Å². The fourth-order valence-corrected chi connectivity index (χ4v) is 3.06. The molecular formula is C22H52N2. The second-order valence-electron chi connectivity index (χ2n) is 8.24. The minimum absolute atomic E-state index is 0. The first-order chi connectivity index (χ1) is 10.8. The number of rotatable bonds is 12. The molecule has 0 aromatic carbocycles. The lowest BCUT2D eigenvalue weighted by Gasteiger charge is -2.27. The van der Waals surface area contributed by atoms with Crippen LogP contribution in [0.3, 0.4) is 0 Å². The minimum Gasteiger partial charge on any atom is -0.303 e. The second kappa shape index (κ2) is 19.2. The third-order valence-electron chi connectivity index (χ3n) is 3.49. The lowest BCUT2D eigenvalue weighted by atomic mass is 10.1. The molecule has 0 aromatic rings. The lowest BCUT2D eigenvalue weighted by molar-refractivity contribution is 0.198. The van der Waals surface area contributed by atoms with Gasteiger partial charge in [0.2, 0.25) is 0 Å². The van der Waals surface area contributed by atoms with Crippen LogP contribution in [0.5, 0.6) is 0 Å². The van der Waals surface area contributed by atoms with Gasteiger partial charge in [0, 0.05) is 19.6 Å². The van der Waals surface area contributed by atoms with Gasteiger partial charge in [0.1, 0.15) is 0 Å².